The van der Waals surface area contributed by atoms with E-state index in [0.29, 0.717) is 24.9 Å². The molecule has 2 rings (SSSR count). The maximum Gasteiger partial charge on any atom is 0.240 e. The smallest absolute Gasteiger partial charge is 0.240 e. The maximum absolute atomic E-state index is 5.12. The van der Waals surface area contributed by atoms with Gasteiger partial charge in [0.25, 0.3) is 0 Å². The van der Waals surface area contributed by atoms with Gasteiger partial charge in [0.15, 0.2) is 5.82 Å². The van der Waals surface area contributed by atoms with Crippen LogP contribution in [-0.2, 0) is 24.4 Å². The molecule has 0 saturated carbocycles. The van der Waals surface area contributed by atoms with E-state index in [1.54, 1.807) is 7.11 Å². The van der Waals surface area contributed by atoms with Crippen LogP contribution in [-0.4, -0.2) is 33.1 Å². The fraction of sp³-hybridized carbons (Fsp3) is 0.615. The lowest BCUT2D eigenvalue weighted by atomic mass is 10.3. The SMILES string of the molecule is COCc1noc(CN[C@@H](C)Cn2nc(C)cc2C)n1. The first-order chi connectivity index (χ1) is 9.58. The number of aryl methyl sites for hydroxylation is 2. The molecule has 0 aliphatic carbocycles. The van der Waals surface area contributed by atoms with Gasteiger partial charge in [-0.1, -0.05) is 5.16 Å². The highest BCUT2D eigenvalue weighted by Gasteiger charge is 2.10. The summed E-state index contributed by atoms with van der Waals surface area (Å²) in [5.74, 6) is 1.13. The fourth-order valence-corrected chi connectivity index (χ4v) is 1.99. The summed E-state index contributed by atoms with van der Waals surface area (Å²) in [7, 11) is 1.60. The van der Waals surface area contributed by atoms with Gasteiger partial charge < -0.3 is 14.6 Å². The Kier molecular flexibility index (Phi) is 4.86. The molecule has 2 aromatic heterocycles. The molecule has 7 nitrogen and oxygen atoms in total. The predicted molar refractivity (Wildman–Crippen MR) is 73.0 cm³/mol. The average Bonchev–Trinajstić information content (AvgIpc) is 2.95. The number of ether oxygens (including phenoxy) is 1. The maximum atomic E-state index is 5.12. The van der Waals surface area contributed by atoms with Crippen molar-refractivity contribution in [2.24, 2.45) is 0 Å². The molecule has 1 N–H and O–H groups in total. The highest BCUT2D eigenvalue weighted by Crippen LogP contribution is 2.04. The van der Waals surface area contributed by atoms with Crippen molar-refractivity contribution in [2.45, 2.75) is 46.5 Å². The first-order valence-electron chi connectivity index (χ1n) is 6.63. The molecule has 0 unspecified atom stereocenters. The van der Waals surface area contributed by atoms with Crippen molar-refractivity contribution in [3.05, 3.63) is 29.2 Å². The molecule has 110 valence electrons. The molecule has 1 atom stereocenters. The fourth-order valence-electron chi connectivity index (χ4n) is 1.99. The summed E-state index contributed by atoms with van der Waals surface area (Å²) in [5, 5.41) is 11.6. The minimum atomic E-state index is 0.255. The molecule has 7 heteroatoms. The summed E-state index contributed by atoms with van der Waals surface area (Å²) in [4.78, 5) is 4.21. The standard InChI is InChI=1S/C13H21N5O2/c1-9-5-11(3)18(16-9)7-10(2)14-6-13-15-12(8-19-4)17-20-13/h5,10,14H,6-8H2,1-4H3/t10-/m0/s1. The Morgan fingerprint density at radius 2 is 2.25 bits per heavy atom. The summed E-state index contributed by atoms with van der Waals surface area (Å²) >= 11 is 0. The van der Waals surface area contributed by atoms with Crippen molar-refractivity contribution in [2.75, 3.05) is 7.11 Å². The van der Waals surface area contributed by atoms with E-state index in [0.717, 1.165) is 17.9 Å². The van der Waals surface area contributed by atoms with E-state index >= 15 is 0 Å². The van der Waals surface area contributed by atoms with E-state index in [1.807, 2.05) is 11.6 Å². The van der Waals surface area contributed by atoms with Crippen molar-refractivity contribution >= 4 is 0 Å². The van der Waals surface area contributed by atoms with Gasteiger partial charge in [0.05, 0.1) is 18.8 Å². The van der Waals surface area contributed by atoms with Crippen LogP contribution in [0.15, 0.2) is 10.6 Å². The highest BCUT2D eigenvalue weighted by atomic mass is 16.5. The predicted octanol–water partition coefficient (Wildman–Crippen LogP) is 1.21. The molecule has 20 heavy (non-hydrogen) atoms. The normalized spacial score (nSPS) is 12.8. The van der Waals surface area contributed by atoms with E-state index in [2.05, 4.69) is 40.5 Å². The molecule has 2 heterocycles. The third-order valence-electron chi connectivity index (χ3n) is 2.94. The molecule has 0 aliphatic heterocycles. The summed E-state index contributed by atoms with van der Waals surface area (Å²) in [5.41, 5.74) is 2.20. The van der Waals surface area contributed by atoms with Gasteiger partial charge in [-0.25, -0.2) is 0 Å². The Balaban J connectivity index is 1.82. The molecule has 0 spiro atoms. The third-order valence-corrected chi connectivity index (χ3v) is 2.94. The average molecular weight is 279 g/mol. The minimum absolute atomic E-state index is 0.255. The monoisotopic (exact) mass is 279 g/mol. The number of methoxy groups -OCH3 is 1. The molecule has 0 aliphatic rings. The summed E-state index contributed by atoms with van der Waals surface area (Å²) in [6.07, 6.45) is 0. The number of nitrogens with one attached hydrogen (secondary N) is 1. The first kappa shape index (κ1) is 14.7. The van der Waals surface area contributed by atoms with Crippen LogP contribution in [0, 0.1) is 13.8 Å². The zero-order valence-corrected chi connectivity index (χ0v) is 12.4. The molecule has 0 radical (unpaired) electrons. The van der Waals surface area contributed by atoms with Crippen molar-refractivity contribution in [1.82, 2.24) is 25.2 Å². The Morgan fingerprint density at radius 3 is 2.90 bits per heavy atom. The number of hydrogen-bond donors (Lipinski definition) is 1. The van der Waals surface area contributed by atoms with E-state index in [1.165, 1.54) is 0 Å². The van der Waals surface area contributed by atoms with Crippen LogP contribution in [0.1, 0.15) is 30.0 Å². The highest BCUT2D eigenvalue weighted by molar-refractivity contribution is 5.06. The lowest BCUT2D eigenvalue weighted by Gasteiger charge is -2.13. The van der Waals surface area contributed by atoms with Gasteiger partial charge >= 0.3 is 0 Å². The zero-order valence-electron chi connectivity index (χ0n) is 12.4. The van der Waals surface area contributed by atoms with Crippen LogP contribution in [0.5, 0.6) is 0 Å². The second kappa shape index (κ2) is 6.62. The lowest BCUT2D eigenvalue weighted by molar-refractivity contribution is 0.174. The van der Waals surface area contributed by atoms with Crippen LogP contribution in [0.4, 0.5) is 0 Å². The molecule has 0 fully saturated rings. The van der Waals surface area contributed by atoms with Crippen LogP contribution >= 0.6 is 0 Å². The van der Waals surface area contributed by atoms with Gasteiger partial charge in [0, 0.05) is 18.8 Å². The van der Waals surface area contributed by atoms with Gasteiger partial charge in [0.2, 0.25) is 5.89 Å². The Morgan fingerprint density at radius 1 is 1.45 bits per heavy atom. The van der Waals surface area contributed by atoms with E-state index < -0.39 is 0 Å². The van der Waals surface area contributed by atoms with Gasteiger partial charge in [-0.05, 0) is 26.8 Å². The minimum Gasteiger partial charge on any atom is -0.377 e. The van der Waals surface area contributed by atoms with Crippen LogP contribution in [0.3, 0.4) is 0 Å². The summed E-state index contributed by atoms with van der Waals surface area (Å²) < 4.78 is 12.1. The van der Waals surface area contributed by atoms with E-state index in [9.17, 15) is 0 Å². The molecular formula is C13H21N5O2. The Hall–Kier alpha value is -1.73. The zero-order chi connectivity index (χ0) is 14.5. The molecule has 0 aromatic carbocycles. The third kappa shape index (κ3) is 3.88. The molecule has 0 saturated heterocycles. The van der Waals surface area contributed by atoms with Gasteiger partial charge in [0.1, 0.15) is 6.61 Å². The van der Waals surface area contributed by atoms with Crippen molar-refractivity contribution in [3.63, 3.8) is 0 Å². The second-order valence-corrected chi connectivity index (χ2v) is 4.93. The van der Waals surface area contributed by atoms with Gasteiger partial charge in [-0.2, -0.15) is 10.1 Å². The Bertz CT molecular complexity index is 549. The number of hydrogen-bond acceptors (Lipinski definition) is 6. The summed E-state index contributed by atoms with van der Waals surface area (Å²) in [6, 6.07) is 2.33. The number of rotatable bonds is 7. The summed E-state index contributed by atoms with van der Waals surface area (Å²) in [6.45, 7) is 7.86. The molecule has 0 bridgehead atoms. The molecule has 0 amide bonds. The molecule has 2 aromatic rings. The van der Waals surface area contributed by atoms with Crippen LogP contribution < -0.4 is 5.32 Å². The van der Waals surface area contributed by atoms with Crippen molar-refractivity contribution in [1.29, 1.82) is 0 Å². The van der Waals surface area contributed by atoms with Gasteiger partial charge in [-0.3, -0.25) is 4.68 Å². The number of nitrogens with zero attached hydrogens (tertiary/aromatic N) is 4. The number of aromatic nitrogens is 4. The van der Waals surface area contributed by atoms with Crippen molar-refractivity contribution in [3.8, 4) is 0 Å². The van der Waals surface area contributed by atoms with E-state index in [-0.39, 0.29) is 6.04 Å². The molecular weight excluding hydrogens is 258 g/mol. The van der Waals surface area contributed by atoms with E-state index in [4.69, 9.17) is 9.26 Å². The van der Waals surface area contributed by atoms with Crippen molar-refractivity contribution < 1.29 is 9.26 Å². The largest absolute Gasteiger partial charge is 0.377 e. The lowest BCUT2D eigenvalue weighted by Crippen LogP contribution is -2.30. The van der Waals surface area contributed by atoms with Gasteiger partial charge in [-0.15, -0.1) is 0 Å². The van der Waals surface area contributed by atoms with Crippen LogP contribution in [0.25, 0.3) is 0 Å². The topological polar surface area (TPSA) is 78.0 Å². The quantitative estimate of drug-likeness (QED) is 0.820. The first-order valence-corrected chi connectivity index (χ1v) is 6.63. The van der Waals surface area contributed by atoms with Crippen LogP contribution in [0.2, 0.25) is 0 Å². The second-order valence-electron chi connectivity index (χ2n) is 4.93. The Labute approximate surface area is 118 Å².